The Kier molecular flexibility index (Phi) is 3.59. The highest BCUT2D eigenvalue weighted by molar-refractivity contribution is 5.55. The van der Waals surface area contributed by atoms with Crippen LogP contribution in [0.5, 0.6) is 0 Å². The maximum atomic E-state index is 9.21. The largest absolute Gasteiger partial charge is 0.378 e. The van der Waals surface area contributed by atoms with Gasteiger partial charge in [-0.15, -0.1) is 0 Å². The summed E-state index contributed by atoms with van der Waals surface area (Å²) in [5.41, 5.74) is 3.07. The molecular weight excluding hydrogens is 196 g/mol. The monoisotopic (exact) mass is 216 g/mol. The maximum Gasteiger partial charge on any atom is 0.0995 e. The molecule has 2 nitrogen and oxygen atoms in total. The third-order valence-corrected chi connectivity index (χ3v) is 3.25. The molecule has 0 saturated heterocycles. The zero-order chi connectivity index (χ0) is 12.3. The van der Waals surface area contributed by atoms with Gasteiger partial charge >= 0.3 is 0 Å². The fourth-order valence-electron chi connectivity index (χ4n) is 1.68. The van der Waals surface area contributed by atoms with E-state index >= 15 is 0 Å². The summed E-state index contributed by atoms with van der Waals surface area (Å²) in [4.78, 5) is 2.02. The summed E-state index contributed by atoms with van der Waals surface area (Å²) < 4.78 is 0. The summed E-state index contributed by atoms with van der Waals surface area (Å²) in [6.45, 7) is 6.51. The van der Waals surface area contributed by atoms with Gasteiger partial charge in [0.25, 0.3) is 0 Å². The van der Waals surface area contributed by atoms with E-state index in [2.05, 4.69) is 39.0 Å². The Morgan fingerprint density at radius 2 is 1.94 bits per heavy atom. The molecule has 0 N–H and O–H groups in total. The van der Waals surface area contributed by atoms with E-state index in [4.69, 9.17) is 0 Å². The standard InChI is InChI=1S/C14H20N2/c1-6-14(2,3)13-8-7-12(16(4)5)9-11(13)10-15/h7-9H,6H2,1-5H3. The van der Waals surface area contributed by atoms with E-state index in [1.807, 2.05) is 25.1 Å². The molecule has 0 atom stereocenters. The van der Waals surface area contributed by atoms with Crippen molar-refractivity contribution in [1.82, 2.24) is 0 Å². The normalized spacial score (nSPS) is 11.0. The highest BCUT2D eigenvalue weighted by atomic mass is 15.1. The Balaban J connectivity index is 3.29. The second-order valence-corrected chi connectivity index (χ2v) is 4.97. The molecular formula is C14H20N2. The van der Waals surface area contributed by atoms with Crippen LogP contribution in [0.25, 0.3) is 0 Å². The van der Waals surface area contributed by atoms with Crippen molar-refractivity contribution in [1.29, 1.82) is 5.26 Å². The van der Waals surface area contributed by atoms with Crippen LogP contribution < -0.4 is 4.90 Å². The Morgan fingerprint density at radius 1 is 1.31 bits per heavy atom. The Morgan fingerprint density at radius 3 is 2.38 bits per heavy atom. The van der Waals surface area contributed by atoms with Gasteiger partial charge in [0.2, 0.25) is 0 Å². The number of nitrogens with zero attached hydrogens (tertiary/aromatic N) is 2. The zero-order valence-corrected chi connectivity index (χ0v) is 10.8. The molecule has 0 saturated carbocycles. The third kappa shape index (κ3) is 2.36. The second kappa shape index (κ2) is 4.57. The van der Waals surface area contributed by atoms with Crippen LogP contribution in [0.2, 0.25) is 0 Å². The molecule has 2 heteroatoms. The number of rotatable bonds is 3. The lowest BCUT2D eigenvalue weighted by atomic mass is 9.80. The summed E-state index contributed by atoms with van der Waals surface area (Å²) >= 11 is 0. The van der Waals surface area contributed by atoms with E-state index in [1.165, 1.54) is 0 Å². The first-order valence-corrected chi connectivity index (χ1v) is 5.64. The van der Waals surface area contributed by atoms with E-state index in [0.717, 1.165) is 23.2 Å². The lowest BCUT2D eigenvalue weighted by Crippen LogP contribution is -2.18. The quantitative estimate of drug-likeness (QED) is 0.775. The number of nitriles is 1. The SMILES string of the molecule is CCC(C)(C)c1ccc(N(C)C)cc1C#N. The second-order valence-electron chi connectivity index (χ2n) is 4.97. The Bertz CT molecular complexity index is 411. The predicted octanol–water partition coefficient (Wildman–Crippen LogP) is 3.31. The zero-order valence-electron chi connectivity index (χ0n) is 10.8. The van der Waals surface area contributed by atoms with E-state index in [-0.39, 0.29) is 5.41 Å². The number of hydrogen-bond donors (Lipinski definition) is 0. The molecule has 0 fully saturated rings. The van der Waals surface area contributed by atoms with Crippen LogP contribution in [0.4, 0.5) is 5.69 Å². The van der Waals surface area contributed by atoms with Gasteiger partial charge < -0.3 is 4.90 Å². The van der Waals surface area contributed by atoms with E-state index in [9.17, 15) is 5.26 Å². The van der Waals surface area contributed by atoms with Gasteiger partial charge in [-0.25, -0.2) is 0 Å². The molecule has 16 heavy (non-hydrogen) atoms. The number of anilines is 1. The van der Waals surface area contributed by atoms with Crippen LogP contribution in [0.3, 0.4) is 0 Å². The van der Waals surface area contributed by atoms with Crippen molar-refractivity contribution in [3.8, 4) is 6.07 Å². The van der Waals surface area contributed by atoms with Gasteiger partial charge in [0, 0.05) is 19.8 Å². The van der Waals surface area contributed by atoms with E-state index in [1.54, 1.807) is 0 Å². The van der Waals surface area contributed by atoms with Crippen molar-refractivity contribution in [2.45, 2.75) is 32.6 Å². The van der Waals surface area contributed by atoms with Crippen molar-refractivity contribution < 1.29 is 0 Å². The van der Waals surface area contributed by atoms with Gasteiger partial charge in [0.15, 0.2) is 0 Å². The first-order valence-electron chi connectivity index (χ1n) is 5.64. The lowest BCUT2D eigenvalue weighted by Gasteiger charge is -2.25. The minimum Gasteiger partial charge on any atom is -0.378 e. The minimum atomic E-state index is 0.0654. The van der Waals surface area contributed by atoms with Gasteiger partial charge in [-0.2, -0.15) is 5.26 Å². The van der Waals surface area contributed by atoms with Crippen molar-refractivity contribution in [3.63, 3.8) is 0 Å². The molecule has 0 aliphatic heterocycles. The summed E-state index contributed by atoms with van der Waals surface area (Å²) in [5, 5.41) is 9.21. The summed E-state index contributed by atoms with van der Waals surface area (Å²) in [7, 11) is 3.97. The van der Waals surface area contributed by atoms with Crippen LogP contribution in [-0.4, -0.2) is 14.1 Å². The molecule has 0 amide bonds. The van der Waals surface area contributed by atoms with Gasteiger partial charge in [-0.05, 0) is 29.5 Å². The molecule has 1 aromatic rings. The first-order chi connectivity index (χ1) is 7.42. The molecule has 0 heterocycles. The molecule has 0 unspecified atom stereocenters. The van der Waals surface area contributed by atoms with E-state index in [0.29, 0.717) is 0 Å². The Hall–Kier alpha value is -1.49. The van der Waals surface area contributed by atoms with Crippen LogP contribution in [-0.2, 0) is 5.41 Å². The predicted molar refractivity (Wildman–Crippen MR) is 68.8 cm³/mol. The smallest absolute Gasteiger partial charge is 0.0995 e. The summed E-state index contributed by atoms with van der Waals surface area (Å²) in [5.74, 6) is 0. The molecule has 0 aromatic heterocycles. The highest BCUT2D eigenvalue weighted by Gasteiger charge is 2.21. The fourth-order valence-corrected chi connectivity index (χ4v) is 1.68. The van der Waals surface area contributed by atoms with Gasteiger partial charge in [0.05, 0.1) is 11.6 Å². The van der Waals surface area contributed by atoms with Crippen LogP contribution in [0.1, 0.15) is 38.3 Å². The molecule has 86 valence electrons. The average molecular weight is 216 g/mol. The van der Waals surface area contributed by atoms with Gasteiger partial charge in [0.1, 0.15) is 0 Å². The first kappa shape index (κ1) is 12.6. The molecule has 0 aliphatic carbocycles. The van der Waals surface area contributed by atoms with Crippen molar-refractivity contribution in [2.24, 2.45) is 0 Å². The lowest BCUT2D eigenvalue weighted by molar-refractivity contribution is 0.505. The molecule has 0 aliphatic rings. The molecule has 0 radical (unpaired) electrons. The Labute approximate surface area is 98.5 Å². The summed E-state index contributed by atoms with van der Waals surface area (Å²) in [6.07, 6.45) is 1.03. The minimum absolute atomic E-state index is 0.0654. The van der Waals surface area contributed by atoms with E-state index < -0.39 is 0 Å². The van der Waals surface area contributed by atoms with Crippen LogP contribution in [0, 0.1) is 11.3 Å². The van der Waals surface area contributed by atoms with Crippen LogP contribution >= 0.6 is 0 Å². The summed E-state index contributed by atoms with van der Waals surface area (Å²) in [6, 6.07) is 8.43. The average Bonchev–Trinajstić information content (AvgIpc) is 2.28. The third-order valence-electron chi connectivity index (χ3n) is 3.25. The van der Waals surface area contributed by atoms with Gasteiger partial charge in [-0.1, -0.05) is 26.8 Å². The van der Waals surface area contributed by atoms with Crippen molar-refractivity contribution in [3.05, 3.63) is 29.3 Å². The van der Waals surface area contributed by atoms with Crippen molar-refractivity contribution >= 4 is 5.69 Å². The molecule has 1 aromatic carbocycles. The highest BCUT2D eigenvalue weighted by Crippen LogP contribution is 2.31. The topological polar surface area (TPSA) is 27.0 Å². The van der Waals surface area contributed by atoms with Crippen LogP contribution in [0.15, 0.2) is 18.2 Å². The maximum absolute atomic E-state index is 9.21. The number of benzene rings is 1. The molecule has 0 spiro atoms. The fraction of sp³-hybridized carbons (Fsp3) is 0.500. The molecule has 1 rings (SSSR count). The molecule has 0 bridgehead atoms. The van der Waals surface area contributed by atoms with Crippen molar-refractivity contribution in [2.75, 3.05) is 19.0 Å². The van der Waals surface area contributed by atoms with Gasteiger partial charge in [-0.3, -0.25) is 0 Å². The number of hydrogen-bond acceptors (Lipinski definition) is 2.